The highest BCUT2D eigenvalue weighted by Gasteiger charge is 2.07. The van der Waals surface area contributed by atoms with Crippen LogP contribution in [0.25, 0.3) is 10.8 Å². The molecule has 0 spiro atoms. The number of fused-ring (bicyclic) bond motifs is 1. The molecule has 3 rings (SSSR count). The van der Waals surface area contributed by atoms with Crippen LogP contribution in [0, 0.1) is 0 Å². The summed E-state index contributed by atoms with van der Waals surface area (Å²) in [7, 11) is 0. The molecule has 132 valence electrons. The van der Waals surface area contributed by atoms with Crippen molar-refractivity contribution < 1.29 is 9.53 Å². The summed E-state index contributed by atoms with van der Waals surface area (Å²) in [4.78, 5) is 11.8. The van der Waals surface area contributed by atoms with Crippen LogP contribution in [0.2, 0.25) is 0 Å². The van der Waals surface area contributed by atoms with Gasteiger partial charge >= 0.3 is 5.97 Å². The fourth-order valence-electron chi connectivity index (χ4n) is 2.59. The zero-order valence-corrected chi connectivity index (χ0v) is 15.3. The van der Waals surface area contributed by atoms with E-state index in [9.17, 15) is 4.79 Å². The molecule has 0 atom stereocenters. The minimum Gasteiger partial charge on any atom is -0.462 e. The molecule has 3 aromatic carbocycles. The van der Waals surface area contributed by atoms with Gasteiger partial charge in [-0.15, -0.1) is 0 Å². The molecule has 0 saturated carbocycles. The second-order valence-corrected chi connectivity index (χ2v) is 6.23. The fourth-order valence-corrected chi connectivity index (χ4v) is 2.81. The normalized spacial score (nSPS) is 10.3. The van der Waals surface area contributed by atoms with Gasteiger partial charge in [-0.3, -0.25) is 0 Å². The van der Waals surface area contributed by atoms with Gasteiger partial charge in [0.2, 0.25) is 0 Å². The average molecular weight is 364 g/mol. The van der Waals surface area contributed by atoms with Gasteiger partial charge in [-0.1, -0.05) is 43.3 Å². The van der Waals surface area contributed by atoms with E-state index in [4.69, 9.17) is 17.0 Å². The maximum atomic E-state index is 11.8. The zero-order chi connectivity index (χ0) is 18.4. The van der Waals surface area contributed by atoms with Crippen molar-refractivity contribution in [2.75, 3.05) is 17.2 Å². The van der Waals surface area contributed by atoms with Gasteiger partial charge in [-0.05, 0) is 54.4 Å². The van der Waals surface area contributed by atoms with E-state index in [0.717, 1.165) is 28.6 Å². The molecule has 2 N–H and O–H groups in total. The van der Waals surface area contributed by atoms with Crippen LogP contribution in [-0.2, 0) is 4.74 Å². The second-order valence-electron chi connectivity index (χ2n) is 5.82. The van der Waals surface area contributed by atoms with Crippen molar-refractivity contribution in [1.29, 1.82) is 0 Å². The van der Waals surface area contributed by atoms with E-state index in [0.29, 0.717) is 17.3 Å². The first kappa shape index (κ1) is 17.9. The third-order valence-corrected chi connectivity index (χ3v) is 4.06. The summed E-state index contributed by atoms with van der Waals surface area (Å²) in [5.74, 6) is -0.310. The van der Waals surface area contributed by atoms with Crippen LogP contribution < -0.4 is 10.6 Å². The van der Waals surface area contributed by atoms with Gasteiger partial charge in [0, 0.05) is 16.8 Å². The Kier molecular flexibility index (Phi) is 5.81. The van der Waals surface area contributed by atoms with Crippen molar-refractivity contribution in [1.82, 2.24) is 0 Å². The van der Waals surface area contributed by atoms with E-state index < -0.39 is 0 Å². The first-order valence-corrected chi connectivity index (χ1v) is 8.91. The highest BCUT2D eigenvalue weighted by molar-refractivity contribution is 7.80. The SMILES string of the molecule is CCCOC(=O)c1ccc(NC(=S)Nc2cccc3ccccc23)cc1. The number of carbonyl (C=O) groups is 1. The van der Waals surface area contributed by atoms with E-state index in [-0.39, 0.29) is 5.97 Å². The summed E-state index contributed by atoms with van der Waals surface area (Å²) >= 11 is 5.41. The van der Waals surface area contributed by atoms with E-state index in [1.165, 1.54) is 0 Å². The minimum absolute atomic E-state index is 0.310. The van der Waals surface area contributed by atoms with Crippen LogP contribution >= 0.6 is 12.2 Å². The number of anilines is 2. The lowest BCUT2D eigenvalue weighted by Gasteiger charge is -2.13. The summed E-state index contributed by atoms with van der Waals surface area (Å²) < 4.78 is 5.12. The number of hydrogen-bond donors (Lipinski definition) is 2. The Bertz CT molecular complexity index is 917. The molecule has 5 heteroatoms. The molecular weight excluding hydrogens is 344 g/mol. The number of rotatable bonds is 5. The lowest BCUT2D eigenvalue weighted by molar-refractivity contribution is 0.0505. The Morgan fingerprint density at radius 1 is 0.962 bits per heavy atom. The molecule has 0 aliphatic carbocycles. The predicted octanol–water partition coefficient (Wildman–Crippen LogP) is 5.22. The molecular formula is C21H20N2O2S. The molecule has 0 aliphatic heterocycles. The first-order chi connectivity index (χ1) is 12.7. The molecule has 0 unspecified atom stereocenters. The van der Waals surface area contributed by atoms with Crippen molar-refractivity contribution in [2.24, 2.45) is 0 Å². The Morgan fingerprint density at radius 3 is 2.46 bits per heavy atom. The smallest absolute Gasteiger partial charge is 0.338 e. The monoisotopic (exact) mass is 364 g/mol. The number of ether oxygens (including phenoxy) is 1. The maximum absolute atomic E-state index is 11.8. The fraction of sp³-hybridized carbons (Fsp3) is 0.143. The van der Waals surface area contributed by atoms with Gasteiger partial charge in [-0.2, -0.15) is 0 Å². The lowest BCUT2D eigenvalue weighted by atomic mass is 10.1. The van der Waals surface area contributed by atoms with Crippen molar-refractivity contribution >= 4 is 45.4 Å². The van der Waals surface area contributed by atoms with E-state index in [2.05, 4.69) is 28.8 Å². The molecule has 0 heterocycles. The molecule has 0 saturated heterocycles. The van der Waals surface area contributed by atoms with E-state index >= 15 is 0 Å². The average Bonchev–Trinajstić information content (AvgIpc) is 2.67. The summed E-state index contributed by atoms with van der Waals surface area (Å²) in [6, 6.07) is 21.2. The molecule has 0 aliphatic rings. The van der Waals surface area contributed by atoms with Gasteiger partial charge < -0.3 is 15.4 Å². The number of thiocarbonyl (C=S) groups is 1. The molecule has 0 bridgehead atoms. The number of esters is 1. The van der Waals surface area contributed by atoms with Gasteiger partial charge in [-0.25, -0.2) is 4.79 Å². The quantitative estimate of drug-likeness (QED) is 0.480. The molecule has 0 aromatic heterocycles. The lowest BCUT2D eigenvalue weighted by Crippen LogP contribution is -2.19. The maximum Gasteiger partial charge on any atom is 0.338 e. The Hall–Kier alpha value is -2.92. The summed E-state index contributed by atoms with van der Waals surface area (Å²) in [5, 5.41) is 9.10. The van der Waals surface area contributed by atoms with Gasteiger partial charge in [0.1, 0.15) is 0 Å². The van der Waals surface area contributed by atoms with Crippen molar-refractivity contribution in [3.8, 4) is 0 Å². The van der Waals surface area contributed by atoms with Crippen molar-refractivity contribution in [2.45, 2.75) is 13.3 Å². The summed E-state index contributed by atoms with van der Waals surface area (Å²) in [6.45, 7) is 2.39. The number of hydrogen-bond acceptors (Lipinski definition) is 3. The third-order valence-electron chi connectivity index (χ3n) is 3.85. The third kappa shape index (κ3) is 4.37. The van der Waals surface area contributed by atoms with Crippen LogP contribution in [0.3, 0.4) is 0 Å². The summed E-state index contributed by atoms with van der Waals surface area (Å²) in [6.07, 6.45) is 0.805. The van der Waals surface area contributed by atoms with Gasteiger partial charge in [0.15, 0.2) is 5.11 Å². The molecule has 0 radical (unpaired) electrons. The van der Waals surface area contributed by atoms with Crippen molar-refractivity contribution in [3.05, 3.63) is 72.3 Å². The number of nitrogens with one attached hydrogen (secondary N) is 2. The highest BCUT2D eigenvalue weighted by Crippen LogP contribution is 2.23. The highest BCUT2D eigenvalue weighted by atomic mass is 32.1. The zero-order valence-electron chi connectivity index (χ0n) is 14.5. The van der Waals surface area contributed by atoms with Crippen LogP contribution in [0.1, 0.15) is 23.7 Å². The summed E-state index contributed by atoms with van der Waals surface area (Å²) in [5.41, 5.74) is 2.27. The molecule has 0 amide bonds. The topological polar surface area (TPSA) is 50.4 Å². The van der Waals surface area contributed by atoms with Crippen LogP contribution in [-0.4, -0.2) is 17.7 Å². The molecule has 0 fully saturated rings. The molecule has 3 aromatic rings. The van der Waals surface area contributed by atoms with E-state index in [1.807, 2.05) is 31.2 Å². The van der Waals surface area contributed by atoms with Gasteiger partial charge in [0.05, 0.1) is 12.2 Å². The van der Waals surface area contributed by atoms with Crippen molar-refractivity contribution in [3.63, 3.8) is 0 Å². The predicted molar refractivity (Wildman–Crippen MR) is 111 cm³/mol. The minimum atomic E-state index is -0.310. The Labute approximate surface area is 158 Å². The van der Waals surface area contributed by atoms with Gasteiger partial charge in [0.25, 0.3) is 0 Å². The standard InChI is InChI=1S/C21H20N2O2S/c1-2-14-25-20(24)16-10-12-17(13-11-16)22-21(26)23-19-9-5-7-15-6-3-4-8-18(15)19/h3-13H,2,14H2,1H3,(H2,22,23,26). The largest absolute Gasteiger partial charge is 0.462 e. The Morgan fingerprint density at radius 2 is 1.69 bits per heavy atom. The van der Waals surface area contributed by atoms with Crippen LogP contribution in [0.5, 0.6) is 0 Å². The van der Waals surface area contributed by atoms with Crippen LogP contribution in [0.4, 0.5) is 11.4 Å². The Balaban J connectivity index is 1.65. The van der Waals surface area contributed by atoms with E-state index in [1.54, 1.807) is 24.3 Å². The first-order valence-electron chi connectivity index (χ1n) is 8.50. The molecule has 4 nitrogen and oxygen atoms in total. The second kappa shape index (κ2) is 8.45. The number of benzene rings is 3. The number of carbonyl (C=O) groups excluding carboxylic acids is 1. The van der Waals surface area contributed by atoms with Crippen LogP contribution in [0.15, 0.2) is 66.7 Å². The molecule has 26 heavy (non-hydrogen) atoms.